The van der Waals surface area contributed by atoms with Gasteiger partial charge in [-0.25, -0.2) is 0 Å². The zero-order chi connectivity index (χ0) is 13.2. The van der Waals surface area contributed by atoms with Gasteiger partial charge in [-0.1, -0.05) is 13.3 Å². The van der Waals surface area contributed by atoms with Gasteiger partial charge in [0.2, 0.25) is 0 Å². The molecule has 0 bridgehead atoms. The molecule has 0 radical (unpaired) electrons. The highest BCUT2D eigenvalue weighted by atomic mass is 32.1. The van der Waals surface area contributed by atoms with Crippen LogP contribution in [0, 0.1) is 0 Å². The molecule has 0 saturated carbocycles. The molecule has 4 nitrogen and oxygen atoms in total. The average molecular weight is 284 g/mol. The molecule has 0 N–H and O–H groups in total. The van der Waals surface area contributed by atoms with Crippen LogP contribution in [-0.2, 0) is 25.6 Å². The molecular weight excluding hydrogens is 264 g/mol. The van der Waals surface area contributed by atoms with Gasteiger partial charge in [0.25, 0.3) is 0 Å². The lowest BCUT2D eigenvalue weighted by Gasteiger charge is -2.22. The van der Waals surface area contributed by atoms with E-state index in [4.69, 9.17) is 18.9 Å². The lowest BCUT2D eigenvalue weighted by Crippen LogP contribution is -2.35. The van der Waals surface area contributed by atoms with Crippen molar-refractivity contribution < 1.29 is 18.9 Å². The number of hydrogen-bond donors (Lipinski definition) is 0. The van der Waals surface area contributed by atoms with Crippen molar-refractivity contribution in [2.45, 2.75) is 64.2 Å². The molecule has 19 heavy (non-hydrogen) atoms. The van der Waals surface area contributed by atoms with E-state index in [1.807, 2.05) is 6.92 Å². The van der Waals surface area contributed by atoms with Gasteiger partial charge in [0, 0.05) is 0 Å². The van der Waals surface area contributed by atoms with E-state index >= 15 is 0 Å². The topological polar surface area (TPSA) is 36.9 Å². The summed E-state index contributed by atoms with van der Waals surface area (Å²) in [7, 11) is 0. The predicted molar refractivity (Wildman–Crippen MR) is 71.9 cm³/mol. The van der Waals surface area contributed by atoms with Gasteiger partial charge < -0.3 is 18.9 Å². The zero-order valence-electron chi connectivity index (χ0n) is 11.3. The number of hydrogen-bond acceptors (Lipinski definition) is 5. The van der Waals surface area contributed by atoms with E-state index in [-0.39, 0.29) is 30.9 Å². The van der Waals surface area contributed by atoms with Crippen LogP contribution in [-0.4, -0.2) is 30.9 Å². The van der Waals surface area contributed by atoms with E-state index in [0.717, 1.165) is 12.8 Å². The van der Waals surface area contributed by atoms with Gasteiger partial charge in [0.15, 0.2) is 12.6 Å². The molecule has 2 saturated heterocycles. The van der Waals surface area contributed by atoms with Crippen LogP contribution < -0.4 is 0 Å². The maximum Gasteiger partial charge on any atom is 0.189 e. The third kappa shape index (κ3) is 2.85. The molecule has 1 aromatic heterocycles. The molecule has 0 amide bonds. The van der Waals surface area contributed by atoms with E-state index in [2.05, 4.69) is 23.8 Å². The number of thiophene rings is 1. The van der Waals surface area contributed by atoms with Crippen molar-refractivity contribution in [1.82, 2.24) is 0 Å². The van der Waals surface area contributed by atoms with Crippen LogP contribution >= 0.6 is 11.3 Å². The quantitative estimate of drug-likeness (QED) is 0.833. The molecule has 0 aliphatic carbocycles. The normalized spacial score (nSPS) is 37.7. The molecule has 5 heteroatoms. The summed E-state index contributed by atoms with van der Waals surface area (Å²) in [6, 6.07) is 2.08. The van der Waals surface area contributed by atoms with Gasteiger partial charge in [0.05, 0.1) is 12.7 Å². The second kappa shape index (κ2) is 5.89. The fourth-order valence-electron chi connectivity index (χ4n) is 2.67. The molecule has 106 valence electrons. The Hall–Kier alpha value is -0.460. The summed E-state index contributed by atoms with van der Waals surface area (Å²) in [6.45, 7) is 4.66. The molecule has 0 spiro atoms. The van der Waals surface area contributed by atoms with Gasteiger partial charge in [-0.05, 0) is 35.7 Å². The van der Waals surface area contributed by atoms with Crippen LogP contribution in [0.25, 0.3) is 0 Å². The maximum atomic E-state index is 6.05. The summed E-state index contributed by atoms with van der Waals surface area (Å²) in [5.74, 6) is 0. The van der Waals surface area contributed by atoms with Crippen molar-refractivity contribution >= 4 is 11.3 Å². The highest BCUT2D eigenvalue weighted by Gasteiger charge is 2.51. The summed E-state index contributed by atoms with van der Waals surface area (Å²) in [6.07, 6.45) is 1.52. The highest BCUT2D eigenvalue weighted by Crippen LogP contribution is 2.36. The van der Waals surface area contributed by atoms with E-state index in [9.17, 15) is 0 Å². The minimum absolute atomic E-state index is 0.0326. The minimum Gasteiger partial charge on any atom is -0.368 e. The highest BCUT2D eigenvalue weighted by molar-refractivity contribution is 7.07. The Morgan fingerprint density at radius 2 is 2.21 bits per heavy atom. The van der Waals surface area contributed by atoms with Gasteiger partial charge >= 0.3 is 0 Å². The Morgan fingerprint density at radius 3 is 2.95 bits per heavy atom. The molecule has 5 atom stereocenters. The summed E-state index contributed by atoms with van der Waals surface area (Å²) in [5, 5.41) is 4.17. The van der Waals surface area contributed by atoms with E-state index in [1.165, 1.54) is 5.56 Å². The first-order valence-corrected chi connectivity index (χ1v) is 7.81. The Bertz CT molecular complexity index is 394. The molecule has 3 rings (SSSR count). The Kier molecular flexibility index (Phi) is 4.19. The predicted octanol–water partition coefficient (Wildman–Crippen LogP) is 2.92. The van der Waals surface area contributed by atoms with Gasteiger partial charge in [-0.15, -0.1) is 0 Å². The van der Waals surface area contributed by atoms with Crippen LogP contribution in [0.3, 0.4) is 0 Å². The molecule has 1 aromatic rings. The summed E-state index contributed by atoms with van der Waals surface area (Å²) in [5.41, 5.74) is 1.20. The van der Waals surface area contributed by atoms with Crippen molar-refractivity contribution in [2.75, 3.05) is 0 Å². The molecule has 1 unspecified atom stereocenters. The fourth-order valence-corrected chi connectivity index (χ4v) is 3.33. The summed E-state index contributed by atoms with van der Waals surface area (Å²) in [4.78, 5) is 0. The summed E-state index contributed by atoms with van der Waals surface area (Å²) >= 11 is 1.69. The second-order valence-corrected chi connectivity index (χ2v) is 5.82. The van der Waals surface area contributed by atoms with E-state index in [1.54, 1.807) is 11.3 Å². The smallest absolute Gasteiger partial charge is 0.189 e. The van der Waals surface area contributed by atoms with Gasteiger partial charge in [-0.2, -0.15) is 11.3 Å². The monoisotopic (exact) mass is 284 g/mol. The summed E-state index contributed by atoms with van der Waals surface area (Å²) < 4.78 is 23.3. The minimum atomic E-state index is -0.265. The Balaban J connectivity index is 1.64. The Labute approximate surface area is 117 Å². The first-order chi connectivity index (χ1) is 9.28. The molecular formula is C14H20O4S. The van der Waals surface area contributed by atoms with Crippen molar-refractivity contribution in [3.8, 4) is 0 Å². The third-order valence-corrected chi connectivity index (χ3v) is 4.27. The maximum absolute atomic E-state index is 6.05. The van der Waals surface area contributed by atoms with Crippen LogP contribution in [0.4, 0.5) is 0 Å². The van der Waals surface area contributed by atoms with Crippen molar-refractivity contribution in [3.05, 3.63) is 22.4 Å². The Morgan fingerprint density at radius 1 is 1.32 bits per heavy atom. The van der Waals surface area contributed by atoms with Gasteiger partial charge in [-0.3, -0.25) is 0 Å². The average Bonchev–Trinajstić information content (AvgIpc) is 3.04. The largest absolute Gasteiger partial charge is 0.368 e. The molecule has 2 fully saturated rings. The van der Waals surface area contributed by atoms with E-state index < -0.39 is 0 Å². The fraction of sp³-hybridized carbons (Fsp3) is 0.714. The third-order valence-electron chi connectivity index (χ3n) is 3.54. The lowest BCUT2D eigenvalue weighted by molar-refractivity contribution is -0.168. The van der Waals surface area contributed by atoms with Crippen molar-refractivity contribution in [3.63, 3.8) is 0 Å². The number of fused-ring (bicyclic) bond motifs is 1. The van der Waals surface area contributed by atoms with E-state index in [0.29, 0.717) is 6.61 Å². The SMILES string of the molecule is CCC[C@H]1O[C@@H]2OC(C)O[C@@H]2[C@H]1OCc1ccsc1. The lowest BCUT2D eigenvalue weighted by atomic mass is 10.1. The first kappa shape index (κ1) is 13.5. The molecule has 3 heterocycles. The van der Waals surface area contributed by atoms with Crippen molar-refractivity contribution in [2.24, 2.45) is 0 Å². The molecule has 0 aromatic carbocycles. The van der Waals surface area contributed by atoms with Crippen molar-refractivity contribution in [1.29, 1.82) is 0 Å². The van der Waals surface area contributed by atoms with Crippen LogP contribution in [0.2, 0.25) is 0 Å². The standard InChI is InChI=1S/C14H20O4S/c1-3-4-11-12(15-7-10-5-6-19-8-10)13-14(18-11)17-9(2)16-13/h5-6,8-9,11-14H,3-4,7H2,1-2H3/t9?,11-,12+,13-,14+/m1/s1. The number of rotatable bonds is 5. The first-order valence-electron chi connectivity index (χ1n) is 6.87. The second-order valence-electron chi connectivity index (χ2n) is 5.04. The number of ether oxygens (including phenoxy) is 4. The van der Waals surface area contributed by atoms with Crippen LogP contribution in [0.5, 0.6) is 0 Å². The van der Waals surface area contributed by atoms with Gasteiger partial charge in [0.1, 0.15) is 12.2 Å². The molecule has 2 aliphatic rings. The van der Waals surface area contributed by atoms with Crippen LogP contribution in [0.15, 0.2) is 16.8 Å². The zero-order valence-corrected chi connectivity index (χ0v) is 12.1. The van der Waals surface area contributed by atoms with Crippen LogP contribution in [0.1, 0.15) is 32.3 Å². The molecule has 2 aliphatic heterocycles.